The summed E-state index contributed by atoms with van der Waals surface area (Å²) in [4.78, 5) is 36.0. The SMILES string of the molecule is Cc1sc2nc(CCC(=O)N3CCN(S(=O)(=O)N(C)C4CCCCC4)CC3)[nH]c(=O)c2c1C. The summed E-state index contributed by atoms with van der Waals surface area (Å²) < 4.78 is 29.1. The van der Waals surface area contributed by atoms with Gasteiger partial charge >= 0.3 is 0 Å². The largest absolute Gasteiger partial charge is 0.340 e. The van der Waals surface area contributed by atoms with Crippen LogP contribution in [-0.4, -0.2) is 77.1 Å². The Kier molecular flexibility index (Phi) is 7.23. The molecule has 1 amide bonds. The smallest absolute Gasteiger partial charge is 0.282 e. The van der Waals surface area contributed by atoms with Gasteiger partial charge in [-0.25, -0.2) is 4.98 Å². The zero-order valence-corrected chi connectivity index (χ0v) is 21.2. The molecule has 9 nitrogen and oxygen atoms in total. The lowest BCUT2D eigenvalue weighted by Gasteiger charge is -2.38. The molecule has 0 atom stereocenters. The summed E-state index contributed by atoms with van der Waals surface area (Å²) >= 11 is 1.49. The number of aryl methyl sites for hydroxylation is 3. The average Bonchev–Trinajstić information content (AvgIpc) is 3.11. The maximum Gasteiger partial charge on any atom is 0.282 e. The average molecular weight is 496 g/mol. The first kappa shape index (κ1) is 24.3. The van der Waals surface area contributed by atoms with E-state index in [1.807, 2.05) is 13.8 Å². The van der Waals surface area contributed by atoms with E-state index in [2.05, 4.69) is 9.97 Å². The predicted molar refractivity (Wildman–Crippen MR) is 130 cm³/mol. The number of nitrogens with zero attached hydrogens (tertiary/aromatic N) is 4. The number of rotatable bonds is 6. The van der Waals surface area contributed by atoms with Crippen LogP contribution in [0.15, 0.2) is 4.79 Å². The van der Waals surface area contributed by atoms with Crippen molar-refractivity contribution < 1.29 is 13.2 Å². The zero-order valence-electron chi connectivity index (χ0n) is 19.6. The van der Waals surface area contributed by atoms with E-state index in [-0.39, 0.29) is 23.9 Å². The van der Waals surface area contributed by atoms with Gasteiger partial charge in [-0.15, -0.1) is 11.3 Å². The summed E-state index contributed by atoms with van der Waals surface area (Å²) in [5, 5.41) is 0.628. The van der Waals surface area contributed by atoms with Gasteiger partial charge in [-0.1, -0.05) is 19.3 Å². The quantitative estimate of drug-likeness (QED) is 0.661. The molecule has 1 N–H and O–H groups in total. The van der Waals surface area contributed by atoms with Crippen molar-refractivity contribution in [2.45, 2.75) is 64.8 Å². The van der Waals surface area contributed by atoms with Crippen LogP contribution in [0.25, 0.3) is 10.2 Å². The Bertz CT molecular complexity index is 1180. The predicted octanol–water partition coefficient (Wildman–Crippen LogP) is 2.19. The number of thiophene rings is 1. The molecule has 33 heavy (non-hydrogen) atoms. The minimum atomic E-state index is -3.51. The molecule has 0 radical (unpaired) electrons. The van der Waals surface area contributed by atoms with Crippen molar-refractivity contribution in [3.8, 4) is 0 Å². The third-order valence-corrected chi connectivity index (χ3v) is 10.2. The maximum atomic E-state index is 13.0. The van der Waals surface area contributed by atoms with E-state index in [9.17, 15) is 18.0 Å². The van der Waals surface area contributed by atoms with Gasteiger partial charge in [-0.05, 0) is 32.3 Å². The van der Waals surface area contributed by atoms with Crippen molar-refractivity contribution in [1.29, 1.82) is 0 Å². The van der Waals surface area contributed by atoms with E-state index in [4.69, 9.17) is 0 Å². The molecule has 11 heteroatoms. The number of amides is 1. The molecule has 1 aliphatic heterocycles. The molecule has 4 rings (SSSR count). The van der Waals surface area contributed by atoms with Crippen LogP contribution in [-0.2, 0) is 21.4 Å². The number of fused-ring (bicyclic) bond motifs is 1. The molecule has 0 aromatic carbocycles. The van der Waals surface area contributed by atoms with Gasteiger partial charge in [-0.2, -0.15) is 17.0 Å². The van der Waals surface area contributed by atoms with E-state index in [0.29, 0.717) is 48.6 Å². The number of carbonyl (C=O) groups is 1. The minimum Gasteiger partial charge on any atom is -0.340 e. The number of aromatic amines is 1. The van der Waals surface area contributed by atoms with Gasteiger partial charge in [0.15, 0.2) is 0 Å². The standard InChI is InChI=1S/C22H33N5O4S2/c1-15-16(2)32-22-20(15)21(29)23-18(24-22)9-10-19(28)26-11-13-27(14-12-26)33(30,31)25(3)17-7-5-4-6-8-17/h17H,4-14H2,1-3H3,(H,23,24,29). The molecular formula is C22H33N5O4S2. The van der Waals surface area contributed by atoms with Crippen molar-refractivity contribution in [3.05, 3.63) is 26.6 Å². The molecule has 2 aromatic rings. The third kappa shape index (κ3) is 5.01. The number of H-pyrrole nitrogens is 1. The van der Waals surface area contributed by atoms with Crippen LogP contribution < -0.4 is 5.56 Å². The molecule has 182 valence electrons. The van der Waals surface area contributed by atoms with Gasteiger partial charge in [0.05, 0.1) is 5.39 Å². The highest BCUT2D eigenvalue weighted by Crippen LogP contribution is 2.26. The van der Waals surface area contributed by atoms with Crippen molar-refractivity contribution >= 4 is 37.7 Å². The summed E-state index contributed by atoms with van der Waals surface area (Å²) in [5.74, 6) is 0.464. The van der Waals surface area contributed by atoms with Crippen molar-refractivity contribution in [1.82, 2.24) is 23.5 Å². The Hall–Kier alpha value is -1.82. The fourth-order valence-electron chi connectivity index (χ4n) is 4.78. The summed E-state index contributed by atoms with van der Waals surface area (Å²) in [6.45, 7) is 5.25. The molecule has 0 spiro atoms. The van der Waals surface area contributed by atoms with Gasteiger partial charge in [0, 0.05) is 57.0 Å². The lowest BCUT2D eigenvalue weighted by Crippen LogP contribution is -2.55. The van der Waals surface area contributed by atoms with Gasteiger partial charge in [0.2, 0.25) is 5.91 Å². The summed E-state index contributed by atoms with van der Waals surface area (Å²) in [7, 11) is -1.83. The van der Waals surface area contributed by atoms with Gasteiger partial charge < -0.3 is 9.88 Å². The Labute approximate surface area is 199 Å². The monoisotopic (exact) mass is 495 g/mol. The second kappa shape index (κ2) is 9.81. The highest BCUT2D eigenvalue weighted by atomic mass is 32.2. The van der Waals surface area contributed by atoms with Crippen molar-refractivity contribution in [2.75, 3.05) is 33.2 Å². The number of nitrogens with one attached hydrogen (secondary N) is 1. The summed E-state index contributed by atoms with van der Waals surface area (Å²) in [6, 6.07) is 0.0753. The highest BCUT2D eigenvalue weighted by molar-refractivity contribution is 7.86. The number of carbonyl (C=O) groups excluding carboxylic acids is 1. The summed E-state index contributed by atoms with van der Waals surface area (Å²) in [5.41, 5.74) is 0.790. The number of hydrogen-bond acceptors (Lipinski definition) is 6. The highest BCUT2D eigenvalue weighted by Gasteiger charge is 2.35. The van der Waals surface area contributed by atoms with Crippen LogP contribution >= 0.6 is 11.3 Å². The van der Waals surface area contributed by atoms with Gasteiger partial charge in [-0.3, -0.25) is 9.59 Å². The van der Waals surface area contributed by atoms with Crippen LogP contribution in [0, 0.1) is 13.8 Å². The van der Waals surface area contributed by atoms with Crippen LogP contribution in [0.2, 0.25) is 0 Å². The first-order valence-electron chi connectivity index (χ1n) is 11.7. The Morgan fingerprint density at radius 2 is 1.82 bits per heavy atom. The number of hydrogen-bond donors (Lipinski definition) is 1. The molecule has 1 saturated heterocycles. The second-order valence-electron chi connectivity index (χ2n) is 9.07. The van der Waals surface area contributed by atoms with Crippen LogP contribution in [0.3, 0.4) is 0 Å². The van der Waals surface area contributed by atoms with Gasteiger partial charge in [0.25, 0.3) is 15.8 Å². The molecule has 1 saturated carbocycles. The fourth-order valence-corrected chi connectivity index (χ4v) is 7.41. The molecule has 2 aromatic heterocycles. The molecule has 0 bridgehead atoms. The zero-order chi connectivity index (χ0) is 23.8. The number of aromatic nitrogens is 2. The third-order valence-electron chi connectivity index (χ3n) is 7.03. The van der Waals surface area contributed by atoms with Crippen LogP contribution in [0.1, 0.15) is 54.8 Å². The lowest BCUT2D eigenvalue weighted by atomic mass is 9.96. The molecule has 2 fully saturated rings. The summed E-state index contributed by atoms with van der Waals surface area (Å²) in [6.07, 6.45) is 5.74. The molecular weight excluding hydrogens is 462 g/mol. The Morgan fingerprint density at radius 3 is 2.48 bits per heavy atom. The molecule has 1 aliphatic carbocycles. The van der Waals surface area contributed by atoms with E-state index in [1.54, 1.807) is 11.9 Å². The normalized spacial score (nSPS) is 19.0. The maximum absolute atomic E-state index is 13.0. The number of piperazine rings is 1. The Morgan fingerprint density at radius 1 is 1.15 bits per heavy atom. The van der Waals surface area contributed by atoms with Crippen LogP contribution in [0.5, 0.6) is 0 Å². The lowest BCUT2D eigenvalue weighted by molar-refractivity contribution is -0.132. The fraction of sp³-hybridized carbons (Fsp3) is 0.682. The topological polar surface area (TPSA) is 107 Å². The minimum absolute atomic E-state index is 0.0473. The van der Waals surface area contributed by atoms with Crippen molar-refractivity contribution in [3.63, 3.8) is 0 Å². The van der Waals surface area contributed by atoms with Crippen LogP contribution in [0.4, 0.5) is 0 Å². The molecule has 0 unspecified atom stereocenters. The van der Waals surface area contributed by atoms with E-state index >= 15 is 0 Å². The van der Waals surface area contributed by atoms with E-state index < -0.39 is 10.2 Å². The van der Waals surface area contributed by atoms with E-state index in [0.717, 1.165) is 36.1 Å². The van der Waals surface area contributed by atoms with Gasteiger partial charge in [0.1, 0.15) is 10.7 Å². The van der Waals surface area contributed by atoms with Crippen molar-refractivity contribution in [2.24, 2.45) is 0 Å². The first-order valence-corrected chi connectivity index (χ1v) is 13.9. The first-order chi connectivity index (χ1) is 15.7. The molecule has 2 aliphatic rings. The van der Waals surface area contributed by atoms with E-state index in [1.165, 1.54) is 26.4 Å². The Balaban J connectivity index is 1.32. The second-order valence-corrected chi connectivity index (χ2v) is 12.3. The molecule has 3 heterocycles.